The molecule has 0 aromatic carbocycles. The van der Waals surface area contributed by atoms with E-state index < -0.39 is 0 Å². The van der Waals surface area contributed by atoms with Crippen molar-refractivity contribution in [2.75, 3.05) is 5.73 Å². The summed E-state index contributed by atoms with van der Waals surface area (Å²) in [6.45, 7) is 4.87. The van der Waals surface area contributed by atoms with Crippen molar-refractivity contribution in [1.29, 1.82) is 0 Å². The van der Waals surface area contributed by atoms with Crippen LogP contribution in [0, 0.1) is 6.92 Å². The number of nitrogens with zero attached hydrogens (tertiary/aromatic N) is 5. The number of aryl methyl sites for hydroxylation is 5. The van der Waals surface area contributed by atoms with Crippen molar-refractivity contribution in [3.8, 4) is 0 Å². The van der Waals surface area contributed by atoms with E-state index in [2.05, 4.69) is 27.4 Å². The van der Waals surface area contributed by atoms with Crippen molar-refractivity contribution >= 4 is 28.4 Å². The SMILES string of the molecule is CCc1nn(C)c2c1nc(N)n2CCc1csc(C)n1. The minimum atomic E-state index is 0.551. The number of rotatable bonds is 4. The molecule has 6 nitrogen and oxygen atoms in total. The highest BCUT2D eigenvalue weighted by atomic mass is 32.1. The summed E-state index contributed by atoms with van der Waals surface area (Å²) in [6, 6.07) is 0. The first-order valence-electron chi connectivity index (χ1n) is 6.68. The number of nitrogen functional groups attached to an aromatic ring is 1. The molecule has 0 aliphatic rings. The average molecular weight is 290 g/mol. The monoisotopic (exact) mass is 290 g/mol. The molecule has 3 heterocycles. The third-order valence-electron chi connectivity index (χ3n) is 3.41. The molecule has 0 amide bonds. The van der Waals surface area contributed by atoms with E-state index in [1.54, 1.807) is 11.3 Å². The lowest BCUT2D eigenvalue weighted by Gasteiger charge is -2.05. The quantitative estimate of drug-likeness (QED) is 0.796. The van der Waals surface area contributed by atoms with Crippen LogP contribution in [0.2, 0.25) is 0 Å². The second-order valence-electron chi connectivity index (χ2n) is 4.83. The van der Waals surface area contributed by atoms with Crippen molar-refractivity contribution in [3.05, 3.63) is 21.8 Å². The van der Waals surface area contributed by atoms with Gasteiger partial charge in [0.25, 0.3) is 0 Å². The number of imidazole rings is 1. The van der Waals surface area contributed by atoms with Crippen LogP contribution in [-0.2, 0) is 26.4 Å². The molecule has 0 aliphatic heterocycles. The molecule has 0 saturated carbocycles. The Morgan fingerprint density at radius 3 is 2.80 bits per heavy atom. The molecular formula is C13H18N6S. The number of aromatic nitrogens is 5. The van der Waals surface area contributed by atoms with Crippen LogP contribution in [0.4, 0.5) is 5.95 Å². The Bertz CT molecular complexity index is 750. The molecule has 3 aromatic rings. The first-order chi connectivity index (χ1) is 9.60. The van der Waals surface area contributed by atoms with E-state index in [0.717, 1.165) is 46.9 Å². The molecular weight excluding hydrogens is 272 g/mol. The van der Waals surface area contributed by atoms with Crippen LogP contribution < -0.4 is 5.73 Å². The first kappa shape index (κ1) is 13.1. The van der Waals surface area contributed by atoms with Crippen molar-refractivity contribution in [1.82, 2.24) is 24.3 Å². The van der Waals surface area contributed by atoms with Crippen molar-refractivity contribution in [3.63, 3.8) is 0 Å². The molecule has 3 rings (SSSR count). The van der Waals surface area contributed by atoms with E-state index in [9.17, 15) is 0 Å². The lowest BCUT2D eigenvalue weighted by atomic mass is 10.3. The highest BCUT2D eigenvalue weighted by Crippen LogP contribution is 2.22. The standard InChI is InChI=1S/C13H18N6S/c1-4-10-11-12(18(3)17-10)19(13(14)16-11)6-5-9-7-20-8(2)15-9/h7H,4-6H2,1-3H3,(H2,14,16). The molecule has 2 N–H and O–H groups in total. The lowest BCUT2D eigenvalue weighted by Crippen LogP contribution is -2.09. The highest BCUT2D eigenvalue weighted by Gasteiger charge is 2.16. The van der Waals surface area contributed by atoms with Gasteiger partial charge in [0.05, 0.1) is 16.4 Å². The lowest BCUT2D eigenvalue weighted by molar-refractivity contribution is 0.671. The Morgan fingerprint density at radius 1 is 1.35 bits per heavy atom. The highest BCUT2D eigenvalue weighted by molar-refractivity contribution is 7.09. The van der Waals surface area contributed by atoms with Crippen molar-refractivity contribution in [2.45, 2.75) is 33.2 Å². The Morgan fingerprint density at radius 2 is 2.15 bits per heavy atom. The topological polar surface area (TPSA) is 74.6 Å². The zero-order valence-electron chi connectivity index (χ0n) is 11.9. The van der Waals surface area contributed by atoms with Gasteiger partial charge in [-0.1, -0.05) is 6.92 Å². The minimum absolute atomic E-state index is 0.551. The maximum Gasteiger partial charge on any atom is 0.202 e. The van der Waals surface area contributed by atoms with Crippen LogP contribution in [0.5, 0.6) is 0 Å². The number of nitrogens with two attached hydrogens (primary N) is 1. The summed E-state index contributed by atoms with van der Waals surface area (Å²) < 4.78 is 3.89. The normalized spacial score (nSPS) is 11.6. The number of hydrogen-bond donors (Lipinski definition) is 1. The van der Waals surface area contributed by atoms with E-state index in [1.807, 2.05) is 23.2 Å². The fourth-order valence-electron chi connectivity index (χ4n) is 2.47. The van der Waals surface area contributed by atoms with Crippen LogP contribution >= 0.6 is 11.3 Å². The van der Waals surface area contributed by atoms with Gasteiger partial charge in [-0.15, -0.1) is 11.3 Å². The van der Waals surface area contributed by atoms with E-state index in [0.29, 0.717) is 5.95 Å². The number of anilines is 1. The van der Waals surface area contributed by atoms with Gasteiger partial charge in [0.2, 0.25) is 5.95 Å². The van der Waals surface area contributed by atoms with Gasteiger partial charge >= 0.3 is 0 Å². The van der Waals surface area contributed by atoms with Crippen molar-refractivity contribution in [2.24, 2.45) is 7.05 Å². The molecule has 0 saturated heterocycles. The van der Waals surface area contributed by atoms with Gasteiger partial charge in [0, 0.05) is 25.4 Å². The molecule has 0 aliphatic carbocycles. The van der Waals surface area contributed by atoms with Crippen molar-refractivity contribution < 1.29 is 0 Å². The van der Waals surface area contributed by atoms with Crippen LogP contribution in [0.1, 0.15) is 23.3 Å². The molecule has 0 atom stereocenters. The molecule has 0 radical (unpaired) electrons. The van der Waals surface area contributed by atoms with Crippen LogP contribution in [0.15, 0.2) is 5.38 Å². The zero-order chi connectivity index (χ0) is 14.3. The van der Waals surface area contributed by atoms with E-state index in [-0.39, 0.29) is 0 Å². The Hall–Kier alpha value is -1.89. The molecule has 0 fully saturated rings. The Labute approximate surface area is 121 Å². The first-order valence-corrected chi connectivity index (χ1v) is 7.56. The van der Waals surface area contributed by atoms with Gasteiger partial charge in [-0.05, 0) is 13.3 Å². The minimum Gasteiger partial charge on any atom is -0.369 e. The van der Waals surface area contributed by atoms with Gasteiger partial charge in [-0.25, -0.2) is 9.97 Å². The van der Waals surface area contributed by atoms with Gasteiger partial charge < -0.3 is 5.73 Å². The third-order valence-corrected chi connectivity index (χ3v) is 4.24. The van der Waals surface area contributed by atoms with Gasteiger partial charge in [-0.3, -0.25) is 9.25 Å². The summed E-state index contributed by atoms with van der Waals surface area (Å²) in [4.78, 5) is 8.95. The predicted octanol–water partition coefficient (Wildman–Crippen LogP) is 1.92. The molecule has 7 heteroatoms. The molecule has 0 unspecified atom stereocenters. The largest absolute Gasteiger partial charge is 0.369 e. The molecule has 20 heavy (non-hydrogen) atoms. The Balaban J connectivity index is 1.94. The summed E-state index contributed by atoms with van der Waals surface area (Å²) in [5, 5.41) is 7.69. The second-order valence-corrected chi connectivity index (χ2v) is 5.89. The summed E-state index contributed by atoms with van der Waals surface area (Å²) in [6.07, 6.45) is 1.71. The third kappa shape index (κ3) is 2.07. The van der Waals surface area contributed by atoms with Gasteiger partial charge in [0.1, 0.15) is 5.52 Å². The fourth-order valence-corrected chi connectivity index (χ4v) is 3.11. The molecule has 0 spiro atoms. The van der Waals surface area contributed by atoms with Gasteiger partial charge in [0.15, 0.2) is 5.65 Å². The fraction of sp³-hybridized carbons (Fsp3) is 0.462. The maximum absolute atomic E-state index is 6.05. The molecule has 0 bridgehead atoms. The average Bonchev–Trinajstić information content (AvgIpc) is 3.04. The number of fused-ring (bicyclic) bond motifs is 1. The molecule has 106 valence electrons. The number of hydrogen-bond acceptors (Lipinski definition) is 5. The maximum atomic E-state index is 6.05. The van der Waals surface area contributed by atoms with Gasteiger partial charge in [-0.2, -0.15) is 5.10 Å². The summed E-state index contributed by atoms with van der Waals surface area (Å²) in [5.41, 5.74) is 10.1. The zero-order valence-corrected chi connectivity index (χ0v) is 12.7. The Kier molecular flexibility index (Phi) is 3.21. The van der Waals surface area contributed by atoms with Crippen LogP contribution in [0.3, 0.4) is 0 Å². The van der Waals surface area contributed by atoms with Crippen LogP contribution in [0.25, 0.3) is 11.2 Å². The smallest absolute Gasteiger partial charge is 0.202 e. The summed E-state index contributed by atoms with van der Waals surface area (Å²) in [5.74, 6) is 0.551. The van der Waals surface area contributed by atoms with E-state index in [4.69, 9.17) is 5.73 Å². The second kappa shape index (κ2) is 4.90. The van der Waals surface area contributed by atoms with E-state index in [1.165, 1.54) is 0 Å². The van der Waals surface area contributed by atoms with E-state index >= 15 is 0 Å². The molecule has 3 aromatic heterocycles. The predicted molar refractivity (Wildman–Crippen MR) is 80.8 cm³/mol. The number of thiazole rings is 1. The van der Waals surface area contributed by atoms with Crippen LogP contribution in [-0.4, -0.2) is 24.3 Å². The summed E-state index contributed by atoms with van der Waals surface area (Å²) in [7, 11) is 1.94. The summed E-state index contributed by atoms with van der Waals surface area (Å²) >= 11 is 1.68.